The van der Waals surface area contributed by atoms with Crippen molar-refractivity contribution in [2.75, 3.05) is 0 Å². The number of hydrogen-bond donors (Lipinski definition) is 1. The Morgan fingerprint density at radius 2 is 2.25 bits per heavy atom. The van der Waals surface area contributed by atoms with Crippen LogP contribution in [0.5, 0.6) is 0 Å². The van der Waals surface area contributed by atoms with E-state index < -0.39 is 0 Å². The standard InChI is InChI=1S/C8H9N3O/c1-5-7(3-4-9)10-6(2)11-8(5)12/h3H2,1-2H3,(H,10,11,12). The molecule has 0 fully saturated rings. The maximum Gasteiger partial charge on any atom is 0.254 e. The van der Waals surface area contributed by atoms with Gasteiger partial charge in [-0.2, -0.15) is 5.26 Å². The van der Waals surface area contributed by atoms with E-state index in [-0.39, 0.29) is 12.0 Å². The van der Waals surface area contributed by atoms with Gasteiger partial charge in [0, 0.05) is 5.56 Å². The van der Waals surface area contributed by atoms with E-state index in [1.165, 1.54) is 0 Å². The number of rotatable bonds is 1. The van der Waals surface area contributed by atoms with Crippen LogP contribution in [0.4, 0.5) is 0 Å². The summed E-state index contributed by atoms with van der Waals surface area (Å²) >= 11 is 0. The van der Waals surface area contributed by atoms with Crippen molar-refractivity contribution in [2.24, 2.45) is 0 Å². The molecule has 0 atom stereocenters. The Morgan fingerprint density at radius 1 is 1.58 bits per heavy atom. The summed E-state index contributed by atoms with van der Waals surface area (Å²) in [7, 11) is 0. The lowest BCUT2D eigenvalue weighted by Gasteiger charge is -1.99. The average Bonchev–Trinajstić information content (AvgIpc) is 2.00. The molecular formula is C8H9N3O. The van der Waals surface area contributed by atoms with Gasteiger partial charge in [-0.05, 0) is 13.8 Å². The average molecular weight is 163 g/mol. The van der Waals surface area contributed by atoms with E-state index in [1.807, 2.05) is 6.07 Å². The quantitative estimate of drug-likeness (QED) is 0.653. The van der Waals surface area contributed by atoms with Crippen LogP contribution < -0.4 is 5.56 Å². The maximum atomic E-state index is 11.1. The third kappa shape index (κ3) is 1.51. The number of aromatic amines is 1. The van der Waals surface area contributed by atoms with Crippen molar-refractivity contribution in [3.8, 4) is 6.07 Å². The molecule has 0 aliphatic carbocycles. The van der Waals surface area contributed by atoms with Crippen molar-refractivity contribution in [2.45, 2.75) is 20.3 Å². The first kappa shape index (κ1) is 8.47. The molecule has 0 aliphatic rings. The minimum absolute atomic E-state index is 0.159. The van der Waals surface area contributed by atoms with Gasteiger partial charge in [0.1, 0.15) is 5.82 Å². The number of nitrogens with zero attached hydrogens (tertiary/aromatic N) is 2. The van der Waals surface area contributed by atoms with Gasteiger partial charge in [0.2, 0.25) is 0 Å². The predicted octanol–water partition coefficient (Wildman–Crippen LogP) is 0.453. The Kier molecular flexibility index (Phi) is 2.24. The highest BCUT2D eigenvalue weighted by molar-refractivity contribution is 5.18. The molecule has 1 rings (SSSR count). The lowest BCUT2D eigenvalue weighted by Crippen LogP contribution is -2.15. The van der Waals surface area contributed by atoms with E-state index in [2.05, 4.69) is 9.97 Å². The molecule has 0 amide bonds. The molecule has 1 N–H and O–H groups in total. The van der Waals surface area contributed by atoms with Crippen LogP contribution in [0.2, 0.25) is 0 Å². The molecule has 1 aromatic heterocycles. The molecule has 0 bridgehead atoms. The van der Waals surface area contributed by atoms with Crippen molar-refractivity contribution >= 4 is 0 Å². The fraction of sp³-hybridized carbons (Fsp3) is 0.375. The minimum Gasteiger partial charge on any atom is -0.311 e. The molecule has 0 aliphatic heterocycles. The zero-order valence-corrected chi connectivity index (χ0v) is 7.01. The topological polar surface area (TPSA) is 69.5 Å². The Labute approximate surface area is 69.9 Å². The fourth-order valence-electron chi connectivity index (χ4n) is 0.950. The Bertz CT molecular complexity index is 386. The predicted molar refractivity (Wildman–Crippen MR) is 43.6 cm³/mol. The number of nitriles is 1. The summed E-state index contributed by atoms with van der Waals surface area (Å²) in [5, 5.41) is 8.42. The van der Waals surface area contributed by atoms with Crippen molar-refractivity contribution in [1.29, 1.82) is 5.26 Å². The minimum atomic E-state index is -0.159. The molecule has 4 nitrogen and oxygen atoms in total. The van der Waals surface area contributed by atoms with E-state index in [9.17, 15) is 4.79 Å². The van der Waals surface area contributed by atoms with Gasteiger partial charge in [0.25, 0.3) is 5.56 Å². The first-order valence-electron chi connectivity index (χ1n) is 3.58. The molecule has 0 unspecified atom stereocenters. The Balaban J connectivity index is 3.30. The van der Waals surface area contributed by atoms with Crippen LogP contribution in [0.3, 0.4) is 0 Å². The van der Waals surface area contributed by atoms with Crippen LogP contribution in [-0.2, 0) is 6.42 Å². The molecule has 0 aromatic carbocycles. The SMILES string of the molecule is Cc1nc(CC#N)c(C)c(=O)[nH]1. The van der Waals surface area contributed by atoms with Crippen molar-refractivity contribution in [3.63, 3.8) is 0 Å². The molecule has 62 valence electrons. The van der Waals surface area contributed by atoms with E-state index in [1.54, 1.807) is 13.8 Å². The monoisotopic (exact) mass is 163 g/mol. The number of hydrogen-bond acceptors (Lipinski definition) is 3. The van der Waals surface area contributed by atoms with Crippen LogP contribution >= 0.6 is 0 Å². The van der Waals surface area contributed by atoms with Crippen LogP contribution in [-0.4, -0.2) is 9.97 Å². The smallest absolute Gasteiger partial charge is 0.254 e. The second kappa shape index (κ2) is 3.18. The summed E-state index contributed by atoms with van der Waals surface area (Å²) in [6.45, 7) is 3.36. The molecule has 0 spiro atoms. The summed E-state index contributed by atoms with van der Waals surface area (Å²) in [4.78, 5) is 17.7. The van der Waals surface area contributed by atoms with Gasteiger partial charge in [-0.25, -0.2) is 4.98 Å². The van der Waals surface area contributed by atoms with Crippen LogP contribution in [0, 0.1) is 25.2 Å². The summed E-state index contributed by atoms with van der Waals surface area (Å²) < 4.78 is 0. The van der Waals surface area contributed by atoms with Crippen LogP contribution in [0.15, 0.2) is 4.79 Å². The van der Waals surface area contributed by atoms with Gasteiger partial charge >= 0.3 is 0 Å². The zero-order chi connectivity index (χ0) is 9.14. The second-order valence-electron chi connectivity index (χ2n) is 2.56. The van der Waals surface area contributed by atoms with E-state index >= 15 is 0 Å². The Morgan fingerprint density at radius 3 is 2.83 bits per heavy atom. The molecule has 12 heavy (non-hydrogen) atoms. The van der Waals surface area contributed by atoms with Crippen LogP contribution in [0.25, 0.3) is 0 Å². The van der Waals surface area contributed by atoms with Crippen molar-refractivity contribution < 1.29 is 0 Å². The third-order valence-corrected chi connectivity index (χ3v) is 1.62. The summed E-state index contributed by atoms with van der Waals surface area (Å²) in [5.41, 5.74) is 0.939. The molecule has 0 radical (unpaired) electrons. The first-order valence-corrected chi connectivity index (χ1v) is 3.58. The number of aryl methyl sites for hydroxylation is 1. The number of aromatic nitrogens is 2. The van der Waals surface area contributed by atoms with Gasteiger partial charge in [0.05, 0.1) is 18.2 Å². The first-order chi connectivity index (χ1) is 5.65. The van der Waals surface area contributed by atoms with E-state index in [4.69, 9.17) is 5.26 Å². The van der Waals surface area contributed by atoms with Gasteiger partial charge in [-0.1, -0.05) is 0 Å². The summed E-state index contributed by atoms with van der Waals surface area (Å²) in [6, 6.07) is 1.96. The third-order valence-electron chi connectivity index (χ3n) is 1.62. The second-order valence-corrected chi connectivity index (χ2v) is 2.56. The summed E-state index contributed by atoms with van der Waals surface area (Å²) in [5.74, 6) is 0.552. The lowest BCUT2D eigenvalue weighted by atomic mass is 10.2. The molecule has 0 saturated heterocycles. The normalized spacial score (nSPS) is 9.42. The lowest BCUT2D eigenvalue weighted by molar-refractivity contribution is 0.931. The number of H-pyrrole nitrogens is 1. The van der Waals surface area contributed by atoms with Gasteiger partial charge < -0.3 is 4.98 Å². The van der Waals surface area contributed by atoms with Crippen LogP contribution in [0.1, 0.15) is 17.1 Å². The molecule has 1 heterocycles. The largest absolute Gasteiger partial charge is 0.311 e. The molecule has 0 saturated carbocycles. The van der Waals surface area contributed by atoms with Gasteiger partial charge in [-0.15, -0.1) is 0 Å². The van der Waals surface area contributed by atoms with Gasteiger partial charge in [-0.3, -0.25) is 4.79 Å². The molecule has 4 heteroatoms. The van der Waals surface area contributed by atoms with E-state index in [0.29, 0.717) is 17.1 Å². The maximum absolute atomic E-state index is 11.1. The molecule has 1 aromatic rings. The highest BCUT2D eigenvalue weighted by atomic mass is 16.1. The Hall–Kier alpha value is -1.63. The zero-order valence-electron chi connectivity index (χ0n) is 7.01. The van der Waals surface area contributed by atoms with Gasteiger partial charge in [0.15, 0.2) is 0 Å². The van der Waals surface area contributed by atoms with E-state index in [0.717, 1.165) is 0 Å². The summed E-state index contributed by atoms with van der Waals surface area (Å²) in [6.07, 6.45) is 0.191. The van der Waals surface area contributed by atoms with Crippen molar-refractivity contribution in [3.05, 3.63) is 27.4 Å². The molecular weight excluding hydrogens is 154 g/mol. The fourth-order valence-corrected chi connectivity index (χ4v) is 0.950. The number of nitrogens with one attached hydrogen (secondary N) is 1. The highest BCUT2D eigenvalue weighted by Gasteiger charge is 2.03. The van der Waals surface area contributed by atoms with Crippen molar-refractivity contribution in [1.82, 2.24) is 9.97 Å². The highest BCUT2D eigenvalue weighted by Crippen LogP contribution is 1.98.